The second-order valence-corrected chi connectivity index (χ2v) is 8.76. The van der Waals surface area contributed by atoms with Gasteiger partial charge in [0.25, 0.3) is 10.0 Å². The second kappa shape index (κ2) is 7.71. The highest BCUT2D eigenvalue weighted by atomic mass is 32.2. The third kappa shape index (κ3) is 4.12. The van der Waals surface area contributed by atoms with E-state index in [9.17, 15) is 21.6 Å². The molecule has 1 aliphatic heterocycles. The average molecular weight is 467 g/mol. The van der Waals surface area contributed by atoms with Gasteiger partial charge >= 0.3 is 6.18 Å². The van der Waals surface area contributed by atoms with Crippen molar-refractivity contribution >= 4 is 43.7 Å². The van der Waals surface area contributed by atoms with E-state index in [0.29, 0.717) is 5.69 Å². The Balaban J connectivity index is 1.71. The summed E-state index contributed by atoms with van der Waals surface area (Å²) in [6.07, 6.45) is -3.35. The van der Waals surface area contributed by atoms with Gasteiger partial charge < -0.3 is 9.64 Å². The molecule has 2 aromatic carbocycles. The van der Waals surface area contributed by atoms with E-state index in [4.69, 9.17) is 11.3 Å². The zero-order valence-corrected chi connectivity index (χ0v) is 17.1. The fourth-order valence-electron chi connectivity index (χ4n) is 3.03. The molecule has 0 radical (unpaired) electrons. The maximum absolute atomic E-state index is 13.0. The minimum absolute atomic E-state index is 0.0823. The van der Waals surface area contributed by atoms with Gasteiger partial charge in [-0.05, 0) is 24.3 Å². The number of fused-ring (bicyclic) bond motifs is 1. The quantitative estimate of drug-likeness (QED) is 0.571. The van der Waals surface area contributed by atoms with Crippen molar-refractivity contribution in [2.24, 2.45) is 0 Å². The second-order valence-electron chi connectivity index (χ2n) is 6.29. The van der Waals surface area contributed by atoms with E-state index in [-0.39, 0.29) is 40.3 Å². The predicted octanol–water partition coefficient (Wildman–Crippen LogP) is 4.44. The molecule has 3 aromatic rings. The fraction of sp³-hybridized carbons (Fsp3) is 0.167. The van der Waals surface area contributed by atoms with Crippen LogP contribution in [0.1, 0.15) is 5.56 Å². The molecule has 1 aliphatic rings. The average Bonchev–Trinajstić information content (AvgIpc) is 3.24. The number of rotatable bonds is 4. The maximum Gasteiger partial charge on any atom is 0.415 e. The molecule has 0 atom stereocenters. The normalized spacial score (nSPS) is 13.8. The fourth-order valence-corrected chi connectivity index (χ4v) is 4.70. The molecule has 13 heteroatoms. The zero-order chi connectivity index (χ0) is 22.2. The van der Waals surface area contributed by atoms with Gasteiger partial charge in [-0.2, -0.15) is 17.5 Å². The van der Waals surface area contributed by atoms with Gasteiger partial charge in [-0.15, -0.1) is 0 Å². The number of anilines is 3. The molecule has 1 aromatic heterocycles. The van der Waals surface area contributed by atoms with Gasteiger partial charge in [0.1, 0.15) is 18.7 Å². The Hall–Kier alpha value is -3.37. The van der Waals surface area contributed by atoms with E-state index in [2.05, 4.69) is 18.9 Å². The molecule has 0 saturated heterocycles. The van der Waals surface area contributed by atoms with Gasteiger partial charge in [0.2, 0.25) is 10.8 Å². The SMILES string of the molecule is [C-]#[N+]c1cc(C(F)(F)F)ccc1N1CCOc2cc(S(=O)(=O)Nc3ncns3)ccc21. The lowest BCUT2D eigenvalue weighted by Crippen LogP contribution is -2.29. The first kappa shape index (κ1) is 20.9. The lowest BCUT2D eigenvalue weighted by molar-refractivity contribution is -0.137. The smallest absolute Gasteiger partial charge is 0.415 e. The highest BCUT2D eigenvalue weighted by Gasteiger charge is 2.32. The molecular weight excluding hydrogens is 455 g/mol. The molecule has 0 bridgehead atoms. The largest absolute Gasteiger partial charge is 0.489 e. The predicted molar refractivity (Wildman–Crippen MR) is 107 cm³/mol. The van der Waals surface area contributed by atoms with Gasteiger partial charge in [-0.25, -0.2) is 18.2 Å². The van der Waals surface area contributed by atoms with E-state index in [0.717, 1.165) is 23.7 Å². The van der Waals surface area contributed by atoms with Crippen molar-refractivity contribution < 1.29 is 26.3 Å². The Morgan fingerprint density at radius 2 is 1.97 bits per heavy atom. The van der Waals surface area contributed by atoms with Crippen molar-refractivity contribution in [2.45, 2.75) is 11.1 Å². The number of ether oxygens (including phenoxy) is 1. The number of nitrogens with one attached hydrogen (secondary N) is 1. The standard InChI is InChI=1S/C18H12F3N5O3S2/c1-22-13-8-11(18(19,20)21)2-4-14(13)26-6-7-29-16-9-12(3-5-15(16)26)31(27,28)25-17-23-10-24-30-17/h2-5,8-10H,6-7H2,(H,23,24,25). The van der Waals surface area contributed by atoms with E-state index in [1.54, 1.807) is 4.90 Å². The third-order valence-corrected chi connectivity index (χ3v) is 6.45. The van der Waals surface area contributed by atoms with Crippen LogP contribution in [0.3, 0.4) is 0 Å². The molecule has 8 nitrogen and oxygen atoms in total. The molecular formula is C18H12F3N5O3S2. The summed E-state index contributed by atoms with van der Waals surface area (Å²) in [5.74, 6) is 0.224. The van der Waals surface area contributed by atoms with Crippen molar-refractivity contribution in [1.82, 2.24) is 9.36 Å². The van der Waals surface area contributed by atoms with Gasteiger partial charge in [0.15, 0.2) is 0 Å². The third-order valence-electron chi connectivity index (χ3n) is 4.40. The van der Waals surface area contributed by atoms with E-state index >= 15 is 0 Å². The molecule has 0 spiro atoms. The van der Waals surface area contributed by atoms with Crippen LogP contribution in [0.25, 0.3) is 4.85 Å². The highest BCUT2D eigenvalue weighted by molar-refractivity contribution is 7.93. The van der Waals surface area contributed by atoms with Crippen molar-refractivity contribution in [3.8, 4) is 5.75 Å². The molecule has 31 heavy (non-hydrogen) atoms. The van der Waals surface area contributed by atoms with Crippen LogP contribution in [0.15, 0.2) is 47.6 Å². The van der Waals surface area contributed by atoms with Gasteiger partial charge in [-0.3, -0.25) is 4.72 Å². The van der Waals surface area contributed by atoms with Crippen LogP contribution in [-0.2, 0) is 16.2 Å². The first-order valence-corrected chi connectivity index (χ1v) is 10.9. The van der Waals surface area contributed by atoms with Gasteiger partial charge in [-0.1, -0.05) is 6.07 Å². The van der Waals surface area contributed by atoms with Crippen molar-refractivity contribution in [1.29, 1.82) is 0 Å². The molecule has 0 unspecified atom stereocenters. The number of aromatic nitrogens is 2. The molecule has 0 aliphatic carbocycles. The minimum Gasteiger partial charge on any atom is -0.489 e. The molecule has 160 valence electrons. The molecule has 0 saturated carbocycles. The van der Waals surface area contributed by atoms with Crippen LogP contribution < -0.4 is 14.4 Å². The van der Waals surface area contributed by atoms with Crippen LogP contribution in [0, 0.1) is 6.57 Å². The molecule has 0 amide bonds. The zero-order valence-electron chi connectivity index (χ0n) is 15.4. The van der Waals surface area contributed by atoms with Crippen LogP contribution in [0.2, 0.25) is 0 Å². The molecule has 4 rings (SSSR count). The van der Waals surface area contributed by atoms with E-state index in [1.165, 1.54) is 30.6 Å². The lowest BCUT2D eigenvalue weighted by atomic mass is 10.1. The summed E-state index contributed by atoms with van der Waals surface area (Å²) in [6.45, 7) is 7.73. The van der Waals surface area contributed by atoms with Crippen molar-refractivity contribution in [3.05, 3.63) is 59.7 Å². The number of benzene rings is 2. The monoisotopic (exact) mass is 467 g/mol. The number of hydrogen-bond acceptors (Lipinski definition) is 7. The summed E-state index contributed by atoms with van der Waals surface area (Å²) in [5, 5.41) is 0.103. The Labute approximate surface area is 179 Å². The topological polar surface area (TPSA) is 88.8 Å². The number of hydrogen-bond donors (Lipinski definition) is 1. The van der Waals surface area contributed by atoms with E-state index < -0.39 is 21.8 Å². The summed E-state index contributed by atoms with van der Waals surface area (Å²) in [4.78, 5) is 8.56. The van der Waals surface area contributed by atoms with E-state index in [1.807, 2.05) is 0 Å². The Morgan fingerprint density at radius 1 is 1.19 bits per heavy atom. The summed E-state index contributed by atoms with van der Waals surface area (Å²) in [7, 11) is -3.95. The van der Waals surface area contributed by atoms with Crippen LogP contribution >= 0.6 is 11.5 Å². The summed E-state index contributed by atoms with van der Waals surface area (Å²) in [6, 6.07) is 7.06. The van der Waals surface area contributed by atoms with Crippen LogP contribution in [0.4, 0.5) is 35.4 Å². The highest BCUT2D eigenvalue weighted by Crippen LogP contribution is 2.43. The van der Waals surface area contributed by atoms with Crippen molar-refractivity contribution in [2.75, 3.05) is 22.8 Å². The van der Waals surface area contributed by atoms with Gasteiger partial charge in [0.05, 0.1) is 23.7 Å². The van der Waals surface area contributed by atoms with Crippen LogP contribution in [0.5, 0.6) is 5.75 Å². The van der Waals surface area contributed by atoms with Gasteiger partial charge in [0, 0.05) is 28.8 Å². The van der Waals surface area contributed by atoms with Crippen LogP contribution in [-0.4, -0.2) is 30.9 Å². The Bertz CT molecular complexity index is 1270. The molecule has 2 heterocycles. The summed E-state index contributed by atoms with van der Waals surface area (Å²) >= 11 is 0.879. The van der Waals surface area contributed by atoms with Crippen molar-refractivity contribution in [3.63, 3.8) is 0 Å². The Kier molecular flexibility index (Phi) is 5.19. The first-order chi connectivity index (χ1) is 14.7. The number of nitrogens with zero attached hydrogens (tertiary/aromatic N) is 4. The maximum atomic E-state index is 13.0. The summed E-state index contributed by atoms with van der Waals surface area (Å²) in [5.41, 5.74) is -0.377. The molecule has 0 fully saturated rings. The molecule has 1 N–H and O–H groups in total. The minimum atomic E-state index is -4.57. The number of sulfonamides is 1. The lowest BCUT2D eigenvalue weighted by Gasteiger charge is -2.32. The first-order valence-electron chi connectivity index (χ1n) is 8.61. The Morgan fingerprint density at radius 3 is 2.65 bits per heavy atom. The number of halogens is 3. The number of alkyl halides is 3. The summed E-state index contributed by atoms with van der Waals surface area (Å²) < 4.78 is 75.8.